The lowest BCUT2D eigenvalue weighted by atomic mass is 9.97. The number of carbonyl (C=O) groups is 1. The molecule has 0 radical (unpaired) electrons. The Kier molecular flexibility index (Phi) is 9.73. The molecule has 46 heavy (non-hydrogen) atoms. The first-order chi connectivity index (χ1) is 22.2. The van der Waals surface area contributed by atoms with Gasteiger partial charge in [0.15, 0.2) is 11.5 Å². The molecular formula is C32H39FN6O6S. The van der Waals surface area contributed by atoms with Gasteiger partial charge in [-0.2, -0.15) is 0 Å². The highest BCUT2D eigenvalue weighted by atomic mass is 32.2. The van der Waals surface area contributed by atoms with E-state index in [0.717, 1.165) is 32.4 Å². The molecule has 1 N–H and O–H groups in total. The second-order valence-corrected chi connectivity index (χ2v) is 13.2. The van der Waals surface area contributed by atoms with Crippen LogP contribution in [0.25, 0.3) is 22.2 Å². The number of esters is 1. The second-order valence-electron chi connectivity index (χ2n) is 12.2. The van der Waals surface area contributed by atoms with E-state index in [9.17, 15) is 17.6 Å². The first kappa shape index (κ1) is 31.8. The van der Waals surface area contributed by atoms with Crippen molar-refractivity contribution in [3.8, 4) is 22.8 Å². The molecule has 0 spiro atoms. The number of hydrogen-bond donors (Lipinski definition) is 2. The number of nitrogens with one attached hydrogen (secondary N) is 1. The van der Waals surface area contributed by atoms with Gasteiger partial charge in [-0.05, 0) is 68.1 Å². The Morgan fingerprint density at radius 3 is 2.67 bits per heavy atom. The summed E-state index contributed by atoms with van der Waals surface area (Å²) in [7, 11) is -2.83. The molecule has 0 saturated carbocycles. The quantitative estimate of drug-likeness (QED) is 0.180. The van der Waals surface area contributed by atoms with Crippen LogP contribution in [0.4, 0.5) is 10.1 Å². The monoisotopic (exact) mass is 654 g/mol. The van der Waals surface area contributed by atoms with Crippen molar-refractivity contribution in [1.82, 2.24) is 24.9 Å². The van der Waals surface area contributed by atoms with E-state index in [1.165, 1.54) is 16.4 Å². The van der Waals surface area contributed by atoms with Gasteiger partial charge in [-0.3, -0.25) is 8.99 Å². The van der Waals surface area contributed by atoms with Gasteiger partial charge in [-0.15, -0.1) is 5.10 Å². The Hall–Kier alpha value is -4.17. The third-order valence-electron chi connectivity index (χ3n) is 8.31. The van der Waals surface area contributed by atoms with Crippen molar-refractivity contribution in [2.75, 3.05) is 50.3 Å². The third kappa shape index (κ3) is 7.28. The van der Waals surface area contributed by atoms with E-state index >= 15 is 0 Å². The van der Waals surface area contributed by atoms with Crippen molar-refractivity contribution in [2.24, 2.45) is 11.8 Å². The van der Waals surface area contributed by atoms with Crippen LogP contribution in [-0.2, 0) is 22.2 Å². The summed E-state index contributed by atoms with van der Waals surface area (Å²) < 4.78 is 58.6. The van der Waals surface area contributed by atoms with E-state index in [0.29, 0.717) is 78.1 Å². The Morgan fingerprint density at radius 1 is 1.13 bits per heavy atom. The molecule has 1 saturated heterocycles. The predicted octanol–water partition coefficient (Wildman–Crippen LogP) is 4.28. The Balaban J connectivity index is 1.07. The maximum Gasteiger partial charge on any atom is 0.355 e. The number of nitrogens with zero attached hydrogens (tertiary/aromatic N) is 5. The number of halogens is 1. The van der Waals surface area contributed by atoms with E-state index in [2.05, 4.69) is 20.2 Å². The van der Waals surface area contributed by atoms with Crippen LogP contribution in [0.2, 0.25) is 0 Å². The van der Waals surface area contributed by atoms with Gasteiger partial charge in [0.25, 0.3) is 0 Å². The summed E-state index contributed by atoms with van der Waals surface area (Å²) in [6.07, 6.45) is 4.39. The number of rotatable bonds is 11. The molecule has 14 heteroatoms. The van der Waals surface area contributed by atoms with E-state index in [1.807, 2.05) is 13.8 Å². The van der Waals surface area contributed by atoms with Gasteiger partial charge in [0.1, 0.15) is 17.2 Å². The molecule has 2 aromatic carbocycles. The van der Waals surface area contributed by atoms with Crippen molar-refractivity contribution in [3.63, 3.8) is 0 Å². The summed E-state index contributed by atoms with van der Waals surface area (Å²) in [4.78, 5) is 18.3. The van der Waals surface area contributed by atoms with Crippen LogP contribution in [0.3, 0.4) is 0 Å². The molecule has 246 valence electrons. The van der Waals surface area contributed by atoms with Crippen molar-refractivity contribution >= 4 is 33.4 Å². The molecule has 0 bridgehead atoms. The van der Waals surface area contributed by atoms with Gasteiger partial charge in [0.2, 0.25) is 10.9 Å². The fourth-order valence-corrected chi connectivity index (χ4v) is 6.48. The van der Waals surface area contributed by atoms with Crippen LogP contribution in [0.5, 0.6) is 11.5 Å². The van der Waals surface area contributed by atoms with Gasteiger partial charge in [-0.25, -0.2) is 17.6 Å². The third-order valence-corrected chi connectivity index (χ3v) is 9.14. The van der Waals surface area contributed by atoms with Crippen LogP contribution < -0.4 is 13.8 Å². The highest BCUT2D eigenvalue weighted by Crippen LogP contribution is 2.35. The van der Waals surface area contributed by atoms with Crippen molar-refractivity contribution in [3.05, 3.63) is 54.1 Å². The lowest BCUT2D eigenvalue weighted by Crippen LogP contribution is -2.40. The standard InChI is InChI=1S/C32H39FN6O6S/c1-21(2)20-45-32(40)31-30(25-16-23(33)4-6-26(25)34-31)27-19-38(36-35-27)18-22-8-10-37(11-9-22)12-13-39(46(41)42)24-5-7-28-29(17-24)44-15-3-14-43-28/h4-7,16-17,19,21-22,34,46H,3,8-15,18,20H2,1-2H3. The number of likely N-dealkylation sites (tertiary alicyclic amines) is 1. The lowest BCUT2D eigenvalue weighted by molar-refractivity contribution is 0.0454. The highest BCUT2D eigenvalue weighted by Gasteiger charge is 2.25. The van der Waals surface area contributed by atoms with Crippen molar-refractivity contribution < 1.29 is 31.8 Å². The SMILES string of the molecule is CC(C)COC(=O)c1[nH]c2ccc(F)cc2c1-c1cn(CC2CCN(CCN(c3ccc4c(c3)OCCCO4)[SH](=O)=O)CC2)nn1. The molecule has 0 unspecified atom stereocenters. The number of aromatic nitrogens is 4. The fraction of sp³-hybridized carbons (Fsp3) is 0.469. The molecule has 4 aromatic rings. The number of anilines is 1. The van der Waals surface area contributed by atoms with Crippen LogP contribution in [-0.4, -0.2) is 85.3 Å². The molecular weight excluding hydrogens is 615 g/mol. The Bertz CT molecular complexity index is 1750. The zero-order chi connectivity index (χ0) is 32.2. The van der Waals surface area contributed by atoms with Crippen molar-refractivity contribution in [2.45, 2.75) is 39.7 Å². The van der Waals surface area contributed by atoms with E-state index in [4.69, 9.17) is 14.2 Å². The largest absolute Gasteiger partial charge is 0.490 e. The van der Waals surface area contributed by atoms with Gasteiger partial charge in [-0.1, -0.05) is 19.1 Å². The number of fused-ring (bicyclic) bond motifs is 2. The zero-order valence-corrected chi connectivity index (χ0v) is 26.9. The number of piperidine rings is 1. The first-order valence-corrected chi connectivity index (χ1v) is 16.8. The molecule has 1 fully saturated rings. The molecule has 0 aliphatic carbocycles. The molecule has 6 rings (SSSR count). The van der Waals surface area contributed by atoms with Gasteiger partial charge < -0.3 is 24.1 Å². The van der Waals surface area contributed by atoms with Gasteiger partial charge >= 0.3 is 5.97 Å². The lowest BCUT2D eigenvalue weighted by Gasteiger charge is -2.32. The maximum atomic E-state index is 14.2. The number of benzene rings is 2. The Morgan fingerprint density at radius 2 is 1.91 bits per heavy atom. The number of thiol groups is 1. The summed E-state index contributed by atoms with van der Waals surface area (Å²) in [5.74, 6) is 0.765. The average Bonchev–Trinajstić information content (AvgIpc) is 3.57. The van der Waals surface area contributed by atoms with E-state index < -0.39 is 22.7 Å². The van der Waals surface area contributed by atoms with Crippen LogP contribution in [0.15, 0.2) is 42.6 Å². The van der Waals surface area contributed by atoms with Gasteiger partial charge in [0, 0.05) is 48.6 Å². The normalized spacial score (nSPS) is 15.8. The minimum Gasteiger partial charge on any atom is -0.490 e. The van der Waals surface area contributed by atoms with E-state index in [-0.39, 0.29) is 18.2 Å². The highest BCUT2D eigenvalue weighted by molar-refractivity contribution is 7.74. The molecule has 0 atom stereocenters. The summed E-state index contributed by atoms with van der Waals surface area (Å²) >= 11 is 0. The van der Waals surface area contributed by atoms with Crippen LogP contribution >= 0.6 is 0 Å². The summed E-state index contributed by atoms with van der Waals surface area (Å²) in [6, 6.07) is 9.56. The molecule has 2 aliphatic rings. The number of hydrogen-bond acceptors (Lipinski definition) is 9. The molecule has 12 nitrogen and oxygen atoms in total. The Labute approximate surface area is 268 Å². The average molecular weight is 655 g/mol. The minimum atomic E-state index is -2.83. The van der Waals surface area contributed by atoms with Crippen LogP contribution in [0.1, 0.15) is 43.6 Å². The fourth-order valence-electron chi connectivity index (χ4n) is 5.91. The summed E-state index contributed by atoms with van der Waals surface area (Å²) in [5.41, 5.74) is 2.33. The maximum absolute atomic E-state index is 14.2. The van der Waals surface area contributed by atoms with Gasteiger partial charge in [0.05, 0.1) is 31.7 Å². The molecule has 0 amide bonds. The number of H-pyrrole nitrogens is 1. The molecule has 2 aliphatic heterocycles. The minimum absolute atomic E-state index is 0.168. The van der Waals surface area contributed by atoms with Crippen LogP contribution in [0, 0.1) is 17.7 Å². The molecule has 2 aromatic heterocycles. The summed E-state index contributed by atoms with van der Waals surface area (Å²) in [5, 5.41) is 9.23. The topological polar surface area (TPSA) is 132 Å². The molecule has 4 heterocycles. The second kappa shape index (κ2) is 14.1. The predicted molar refractivity (Wildman–Crippen MR) is 171 cm³/mol. The zero-order valence-electron chi connectivity index (χ0n) is 26.0. The number of carbonyl (C=O) groups excluding carboxylic acids is 1. The van der Waals surface area contributed by atoms with Crippen molar-refractivity contribution in [1.29, 1.82) is 0 Å². The number of aromatic amines is 1. The summed E-state index contributed by atoms with van der Waals surface area (Å²) in [6.45, 7) is 8.50. The first-order valence-electron chi connectivity index (χ1n) is 15.7. The smallest absolute Gasteiger partial charge is 0.355 e. The van der Waals surface area contributed by atoms with E-state index in [1.54, 1.807) is 35.1 Å². The number of ether oxygens (including phenoxy) is 3.